The Hall–Kier alpha value is -0.900. The molecule has 0 fully saturated rings. The largest absolute Gasteiger partial charge is 0.481 e. The van der Waals surface area contributed by atoms with Crippen molar-refractivity contribution in [3.05, 3.63) is 0 Å². The SMILES string of the molecule is CC(=O)CCC(=O)O.CC(=O)CCCCl. The summed E-state index contributed by atoms with van der Waals surface area (Å²) in [5.41, 5.74) is 0. The number of hydrogen-bond acceptors (Lipinski definition) is 3. The van der Waals surface area contributed by atoms with E-state index in [-0.39, 0.29) is 24.4 Å². The van der Waals surface area contributed by atoms with Crippen LogP contribution in [0.4, 0.5) is 0 Å². The molecule has 0 aromatic rings. The summed E-state index contributed by atoms with van der Waals surface area (Å²) in [5.74, 6) is -0.173. The Morgan fingerprint density at radius 2 is 1.47 bits per heavy atom. The van der Waals surface area contributed by atoms with Crippen LogP contribution >= 0.6 is 11.6 Å². The second kappa shape index (κ2) is 11.2. The van der Waals surface area contributed by atoms with Crippen LogP contribution in [0.1, 0.15) is 39.5 Å². The Kier molecular flexibility index (Phi) is 12.3. The lowest BCUT2D eigenvalue weighted by atomic mass is 10.2. The first-order valence-corrected chi connectivity index (χ1v) is 5.20. The minimum Gasteiger partial charge on any atom is -0.481 e. The zero-order chi connectivity index (χ0) is 12.3. The van der Waals surface area contributed by atoms with Crippen LogP contribution in [0.2, 0.25) is 0 Å². The van der Waals surface area contributed by atoms with Crippen LogP contribution in [-0.2, 0) is 14.4 Å². The number of carbonyl (C=O) groups excluding carboxylic acids is 2. The van der Waals surface area contributed by atoms with E-state index in [2.05, 4.69) is 0 Å². The number of alkyl halides is 1. The van der Waals surface area contributed by atoms with Gasteiger partial charge < -0.3 is 14.7 Å². The van der Waals surface area contributed by atoms with Crippen LogP contribution in [0.3, 0.4) is 0 Å². The average molecular weight is 237 g/mol. The summed E-state index contributed by atoms with van der Waals surface area (Å²) in [6.07, 6.45) is 1.55. The van der Waals surface area contributed by atoms with Crippen molar-refractivity contribution in [1.82, 2.24) is 0 Å². The molecule has 0 saturated heterocycles. The van der Waals surface area contributed by atoms with E-state index in [0.717, 1.165) is 6.42 Å². The van der Waals surface area contributed by atoms with Gasteiger partial charge in [-0.3, -0.25) is 4.79 Å². The second-order valence-corrected chi connectivity index (χ2v) is 3.47. The first-order valence-electron chi connectivity index (χ1n) is 4.66. The third-order valence-corrected chi connectivity index (χ3v) is 1.62. The Morgan fingerprint density at radius 1 is 1.00 bits per heavy atom. The van der Waals surface area contributed by atoms with E-state index >= 15 is 0 Å². The number of aliphatic carboxylic acids is 1. The lowest BCUT2D eigenvalue weighted by molar-refractivity contribution is -0.138. The predicted molar refractivity (Wildman–Crippen MR) is 58.2 cm³/mol. The summed E-state index contributed by atoms with van der Waals surface area (Å²) in [5, 5.41) is 8.01. The van der Waals surface area contributed by atoms with Gasteiger partial charge in [-0.15, -0.1) is 11.6 Å². The lowest BCUT2D eigenvalue weighted by Gasteiger charge is -1.86. The van der Waals surface area contributed by atoms with Gasteiger partial charge in [0.15, 0.2) is 0 Å². The van der Waals surface area contributed by atoms with Crippen LogP contribution in [0.15, 0.2) is 0 Å². The number of carbonyl (C=O) groups is 3. The zero-order valence-corrected chi connectivity index (χ0v) is 9.84. The van der Waals surface area contributed by atoms with Gasteiger partial charge in [-0.1, -0.05) is 0 Å². The highest BCUT2D eigenvalue weighted by atomic mass is 35.5. The topological polar surface area (TPSA) is 71.4 Å². The molecule has 0 amide bonds. The van der Waals surface area contributed by atoms with Gasteiger partial charge in [-0.2, -0.15) is 0 Å². The molecule has 0 aliphatic rings. The van der Waals surface area contributed by atoms with Crippen LogP contribution in [0, 0.1) is 0 Å². The Labute approximate surface area is 94.6 Å². The van der Waals surface area contributed by atoms with Gasteiger partial charge in [0.05, 0.1) is 6.42 Å². The second-order valence-electron chi connectivity index (χ2n) is 3.09. The molecule has 1 N–H and O–H groups in total. The summed E-state index contributed by atoms with van der Waals surface area (Å²) in [7, 11) is 0. The van der Waals surface area contributed by atoms with Crippen LogP contribution in [-0.4, -0.2) is 28.5 Å². The molecule has 0 radical (unpaired) electrons. The maximum absolute atomic E-state index is 10.1. The van der Waals surface area contributed by atoms with E-state index in [1.54, 1.807) is 6.92 Å². The quantitative estimate of drug-likeness (QED) is 0.717. The highest BCUT2D eigenvalue weighted by Gasteiger charge is 1.97. The highest BCUT2D eigenvalue weighted by Crippen LogP contribution is 1.91. The molecule has 15 heavy (non-hydrogen) atoms. The molecule has 0 aromatic heterocycles. The van der Waals surface area contributed by atoms with Crippen molar-refractivity contribution >= 4 is 29.1 Å². The predicted octanol–water partition coefficient (Wildman–Crippen LogP) is 2.03. The van der Waals surface area contributed by atoms with Crippen molar-refractivity contribution in [2.75, 3.05) is 5.88 Å². The Morgan fingerprint density at radius 3 is 1.60 bits per heavy atom. The molecule has 0 unspecified atom stereocenters. The molecular formula is C10H17ClO4. The van der Waals surface area contributed by atoms with Crippen molar-refractivity contribution < 1.29 is 19.5 Å². The van der Waals surface area contributed by atoms with Gasteiger partial charge in [-0.25, -0.2) is 0 Å². The van der Waals surface area contributed by atoms with Crippen molar-refractivity contribution in [3.8, 4) is 0 Å². The third kappa shape index (κ3) is 24.6. The number of halogens is 1. The van der Waals surface area contributed by atoms with Crippen LogP contribution in [0.5, 0.6) is 0 Å². The van der Waals surface area contributed by atoms with Crippen LogP contribution in [0.25, 0.3) is 0 Å². The van der Waals surface area contributed by atoms with Gasteiger partial charge in [0.2, 0.25) is 0 Å². The maximum atomic E-state index is 10.1. The number of carboxylic acid groups (broad SMARTS) is 1. The number of ketones is 2. The fraction of sp³-hybridized carbons (Fsp3) is 0.700. The Balaban J connectivity index is 0. The van der Waals surface area contributed by atoms with Gasteiger partial charge in [0, 0.05) is 18.7 Å². The minimum absolute atomic E-state index is 0.0463. The van der Waals surface area contributed by atoms with E-state index in [9.17, 15) is 14.4 Å². The summed E-state index contributed by atoms with van der Waals surface area (Å²) >= 11 is 5.29. The van der Waals surface area contributed by atoms with E-state index < -0.39 is 5.97 Å². The molecule has 0 saturated carbocycles. The fourth-order valence-electron chi connectivity index (χ4n) is 0.599. The van der Waals surface area contributed by atoms with E-state index in [1.165, 1.54) is 6.92 Å². The minimum atomic E-state index is -0.916. The van der Waals surface area contributed by atoms with Crippen molar-refractivity contribution in [3.63, 3.8) is 0 Å². The summed E-state index contributed by atoms with van der Waals surface area (Å²) in [6, 6.07) is 0. The first kappa shape index (κ1) is 16.5. The Bertz CT molecular complexity index is 199. The van der Waals surface area contributed by atoms with Crippen molar-refractivity contribution in [2.24, 2.45) is 0 Å². The molecule has 5 heteroatoms. The fourth-order valence-corrected chi connectivity index (χ4v) is 0.732. The molecule has 0 aromatic carbocycles. The van der Waals surface area contributed by atoms with Gasteiger partial charge in [0.25, 0.3) is 0 Å². The van der Waals surface area contributed by atoms with Gasteiger partial charge >= 0.3 is 5.97 Å². The molecule has 4 nitrogen and oxygen atoms in total. The summed E-state index contributed by atoms with van der Waals surface area (Å²) in [6.45, 7) is 2.95. The van der Waals surface area contributed by atoms with E-state index in [1.807, 2.05) is 0 Å². The molecular weight excluding hydrogens is 220 g/mol. The van der Waals surface area contributed by atoms with Crippen molar-refractivity contribution in [1.29, 1.82) is 0 Å². The van der Waals surface area contributed by atoms with Crippen molar-refractivity contribution in [2.45, 2.75) is 39.5 Å². The standard InChI is InChI=1S/C5H9ClO.C5H8O3/c1-5(7)3-2-4-6;1-4(6)2-3-5(7)8/h2-4H2,1H3;2-3H2,1H3,(H,7,8). The molecule has 0 spiro atoms. The number of rotatable bonds is 6. The highest BCUT2D eigenvalue weighted by molar-refractivity contribution is 6.17. The molecule has 0 aliphatic heterocycles. The molecule has 0 aliphatic carbocycles. The summed E-state index contributed by atoms with van der Waals surface area (Å²) < 4.78 is 0. The van der Waals surface area contributed by atoms with E-state index in [0.29, 0.717) is 12.3 Å². The number of Topliss-reactive ketones (excluding diaryl/α,β-unsaturated/α-hetero) is 2. The lowest BCUT2D eigenvalue weighted by Crippen LogP contribution is -1.98. The zero-order valence-electron chi connectivity index (χ0n) is 9.09. The first-order chi connectivity index (χ1) is 6.90. The average Bonchev–Trinajstić information content (AvgIpc) is 2.12. The maximum Gasteiger partial charge on any atom is 0.303 e. The normalized spacial score (nSPS) is 8.73. The van der Waals surface area contributed by atoms with Gasteiger partial charge in [0.1, 0.15) is 11.6 Å². The third-order valence-electron chi connectivity index (χ3n) is 1.35. The smallest absolute Gasteiger partial charge is 0.303 e. The molecule has 0 rings (SSSR count). The summed E-state index contributed by atoms with van der Waals surface area (Å²) in [4.78, 5) is 30.0. The molecule has 88 valence electrons. The van der Waals surface area contributed by atoms with E-state index in [4.69, 9.17) is 16.7 Å². The number of hydrogen-bond donors (Lipinski definition) is 1. The number of carboxylic acids is 1. The monoisotopic (exact) mass is 236 g/mol. The molecule has 0 heterocycles. The molecule has 0 bridgehead atoms. The van der Waals surface area contributed by atoms with Crippen LogP contribution < -0.4 is 0 Å². The van der Waals surface area contributed by atoms with Gasteiger partial charge in [-0.05, 0) is 20.3 Å². The molecule has 0 atom stereocenters.